The molecule has 2 heterocycles. The van der Waals surface area contributed by atoms with Crippen LogP contribution in [0.1, 0.15) is 31.4 Å². The summed E-state index contributed by atoms with van der Waals surface area (Å²) < 4.78 is 0. The van der Waals surface area contributed by atoms with E-state index in [9.17, 15) is 4.79 Å². The molecule has 0 aliphatic carbocycles. The Kier molecular flexibility index (Phi) is 3.61. The van der Waals surface area contributed by atoms with Crippen LogP contribution < -0.4 is 5.32 Å². The Balaban J connectivity index is 2.13. The number of hydrogen-bond acceptors (Lipinski definition) is 3. The largest absolute Gasteiger partial charge is 0.373 e. The molecule has 17 heavy (non-hydrogen) atoms. The lowest BCUT2D eigenvalue weighted by Crippen LogP contribution is -2.37. The Morgan fingerprint density at radius 3 is 3.06 bits per heavy atom. The number of aromatic nitrogens is 1. The number of piperidine rings is 1. The van der Waals surface area contributed by atoms with Crippen molar-refractivity contribution in [3.63, 3.8) is 0 Å². The molecule has 1 atom stereocenters. The van der Waals surface area contributed by atoms with Gasteiger partial charge in [0, 0.05) is 38.7 Å². The van der Waals surface area contributed by atoms with Crippen molar-refractivity contribution in [3.05, 3.63) is 23.9 Å². The van der Waals surface area contributed by atoms with Gasteiger partial charge in [-0.05, 0) is 25.0 Å². The lowest BCUT2D eigenvalue weighted by molar-refractivity contribution is -0.130. The number of nitrogens with zero attached hydrogens (tertiary/aromatic N) is 2. The predicted molar refractivity (Wildman–Crippen MR) is 68.0 cm³/mol. The number of rotatable bonds is 2. The van der Waals surface area contributed by atoms with E-state index < -0.39 is 0 Å². The van der Waals surface area contributed by atoms with Crippen LogP contribution in [0, 0.1) is 0 Å². The van der Waals surface area contributed by atoms with Gasteiger partial charge in [0.2, 0.25) is 5.91 Å². The molecule has 1 aromatic rings. The standard InChI is InChI=1S/C13H19N3O/c1-10(17)16-8-4-5-11(9-16)12-6-3-7-13(14-2)15-12/h3,6-7,11H,4-5,8-9H2,1-2H3,(H,14,15)/t11-/m1/s1. The van der Waals surface area contributed by atoms with Crippen molar-refractivity contribution in [3.8, 4) is 0 Å². The van der Waals surface area contributed by atoms with Crippen LogP contribution in [-0.4, -0.2) is 35.9 Å². The van der Waals surface area contributed by atoms with E-state index >= 15 is 0 Å². The topological polar surface area (TPSA) is 45.2 Å². The van der Waals surface area contributed by atoms with Gasteiger partial charge >= 0.3 is 0 Å². The SMILES string of the molecule is CNc1cccc([C@@H]2CCCN(C(C)=O)C2)n1. The summed E-state index contributed by atoms with van der Waals surface area (Å²) in [6.45, 7) is 3.33. The van der Waals surface area contributed by atoms with Crippen molar-refractivity contribution in [1.82, 2.24) is 9.88 Å². The van der Waals surface area contributed by atoms with Gasteiger partial charge in [0.15, 0.2) is 0 Å². The summed E-state index contributed by atoms with van der Waals surface area (Å²) in [6, 6.07) is 6.02. The molecule has 0 spiro atoms. The first-order valence-electron chi connectivity index (χ1n) is 6.11. The second-order valence-corrected chi connectivity index (χ2v) is 4.50. The van der Waals surface area contributed by atoms with Gasteiger partial charge in [-0.15, -0.1) is 0 Å². The van der Waals surface area contributed by atoms with Gasteiger partial charge in [-0.25, -0.2) is 4.98 Å². The highest BCUT2D eigenvalue weighted by atomic mass is 16.2. The summed E-state index contributed by atoms with van der Waals surface area (Å²) in [6.07, 6.45) is 2.18. The molecule has 1 aliphatic heterocycles. The van der Waals surface area contributed by atoms with E-state index in [1.807, 2.05) is 24.1 Å². The predicted octanol–water partition coefficient (Wildman–Crippen LogP) is 1.85. The second kappa shape index (κ2) is 5.17. The zero-order chi connectivity index (χ0) is 12.3. The molecular weight excluding hydrogens is 214 g/mol. The minimum atomic E-state index is 0.166. The van der Waals surface area contributed by atoms with Gasteiger partial charge in [-0.1, -0.05) is 6.07 Å². The fourth-order valence-corrected chi connectivity index (χ4v) is 2.32. The molecule has 4 nitrogen and oxygen atoms in total. The number of hydrogen-bond donors (Lipinski definition) is 1. The molecule has 0 bridgehead atoms. The third-order valence-electron chi connectivity index (χ3n) is 3.31. The van der Waals surface area contributed by atoms with Crippen LogP contribution in [0.2, 0.25) is 0 Å². The maximum atomic E-state index is 11.4. The minimum Gasteiger partial charge on any atom is -0.373 e. The van der Waals surface area contributed by atoms with E-state index in [0.717, 1.165) is 37.4 Å². The fourth-order valence-electron chi connectivity index (χ4n) is 2.32. The summed E-state index contributed by atoms with van der Waals surface area (Å²) in [5.41, 5.74) is 1.09. The van der Waals surface area contributed by atoms with Crippen LogP contribution in [0.4, 0.5) is 5.82 Å². The number of nitrogens with one attached hydrogen (secondary N) is 1. The van der Waals surface area contributed by atoms with E-state index in [1.165, 1.54) is 0 Å². The summed E-state index contributed by atoms with van der Waals surface area (Å²) in [4.78, 5) is 17.9. The van der Waals surface area contributed by atoms with Crippen molar-refractivity contribution in [1.29, 1.82) is 0 Å². The molecule has 1 saturated heterocycles. The number of carbonyl (C=O) groups excluding carboxylic acids is 1. The number of likely N-dealkylation sites (tertiary alicyclic amines) is 1. The van der Waals surface area contributed by atoms with Crippen LogP contribution in [-0.2, 0) is 4.79 Å². The molecule has 1 aromatic heterocycles. The Morgan fingerprint density at radius 2 is 2.35 bits per heavy atom. The zero-order valence-corrected chi connectivity index (χ0v) is 10.4. The summed E-state index contributed by atoms with van der Waals surface area (Å²) in [5, 5.41) is 3.05. The molecule has 1 aliphatic rings. The van der Waals surface area contributed by atoms with Crippen molar-refractivity contribution < 1.29 is 4.79 Å². The van der Waals surface area contributed by atoms with Crippen molar-refractivity contribution in [2.24, 2.45) is 0 Å². The summed E-state index contributed by atoms with van der Waals surface area (Å²) >= 11 is 0. The van der Waals surface area contributed by atoms with E-state index in [4.69, 9.17) is 0 Å². The van der Waals surface area contributed by atoms with Crippen LogP contribution in [0.5, 0.6) is 0 Å². The minimum absolute atomic E-state index is 0.166. The monoisotopic (exact) mass is 233 g/mol. The lowest BCUT2D eigenvalue weighted by atomic mass is 9.94. The lowest BCUT2D eigenvalue weighted by Gasteiger charge is -2.31. The third-order valence-corrected chi connectivity index (χ3v) is 3.31. The molecule has 0 unspecified atom stereocenters. The van der Waals surface area contributed by atoms with Crippen LogP contribution in [0.25, 0.3) is 0 Å². The quantitative estimate of drug-likeness (QED) is 0.848. The molecule has 2 rings (SSSR count). The first-order chi connectivity index (χ1) is 8.20. The first-order valence-corrected chi connectivity index (χ1v) is 6.11. The summed E-state index contributed by atoms with van der Waals surface area (Å²) in [7, 11) is 1.87. The van der Waals surface area contributed by atoms with Crippen LogP contribution >= 0.6 is 0 Å². The van der Waals surface area contributed by atoms with Gasteiger partial charge in [-0.3, -0.25) is 4.79 Å². The maximum absolute atomic E-state index is 11.4. The van der Waals surface area contributed by atoms with E-state index in [-0.39, 0.29) is 5.91 Å². The maximum Gasteiger partial charge on any atom is 0.219 e. The highest BCUT2D eigenvalue weighted by Crippen LogP contribution is 2.26. The average molecular weight is 233 g/mol. The molecule has 1 amide bonds. The second-order valence-electron chi connectivity index (χ2n) is 4.50. The van der Waals surface area contributed by atoms with Gasteiger partial charge in [0.25, 0.3) is 0 Å². The Hall–Kier alpha value is -1.58. The van der Waals surface area contributed by atoms with E-state index in [2.05, 4.69) is 16.4 Å². The third kappa shape index (κ3) is 2.75. The van der Waals surface area contributed by atoms with Crippen LogP contribution in [0.3, 0.4) is 0 Å². The number of anilines is 1. The zero-order valence-electron chi connectivity index (χ0n) is 10.4. The summed E-state index contributed by atoms with van der Waals surface area (Å²) in [5.74, 6) is 1.43. The average Bonchev–Trinajstić information content (AvgIpc) is 2.39. The molecule has 1 fully saturated rings. The molecular formula is C13H19N3O. The molecule has 1 N–H and O–H groups in total. The van der Waals surface area contributed by atoms with Crippen molar-refractivity contribution >= 4 is 11.7 Å². The van der Waals surface area contributed by atoms with Crippen molar-refractivity contribution in [2.45, 2.75) is 25.7 Å². The van der Waals surface area contributed by atoms with E-state index in [1.54, 1.807) is 6.92 Å². The Labute approximate surface area is 102 Å². The highest BCUT2D eigenvalue weighted by Gasteiger charge is 2.23. The molecule has 0 radical (unpaired) electrons. The smallest absolute Gasteiger partial charge is 0.219 e. The molecule has 92 valence electrons. The highest BCUT2D eigenvalue weighted by molar-refractivity contribution is 5.73. The van der Waals surface area contributed by atoms with Gasteiger partial charge in [0.05, 0.1) is 0 Å². The van der Waals surface area contributed by atoms with Gasteiger partial charge in [0.1, 0.15) is 5.82 Å². The number of carbonyl (C=O) groups is 1. The first kappa shape index (κ1) is 11.9. The number of amides is 1. The van der Waals surface area contributed by atoms with E-state index in [0.29, 0.717) is 5.92 Å². The van der Waals surface area contributed by atoms with Gasteiger partial charge < -0.3 is 10.2 Å². The fraction of sp³-hybridized carbons (Fsp3) is 0.538. The normalized spacial score (nSPS) is 20.1. The van der Waals surface area contributed by atoms with Gasteiger partial charge in [-0.2, -0.15) is 0 Å². The molecule has 4 heteroatoms. The van der Waals surface area contributed by atoms with Crippen molar-refractivity contribution in [2.75, 3.05) is 25.5 Å². The Morgan fingerprint density at radius 1 is 1.53 bits per heavy atom. The Bertz CT molecular complexity index is 405. The number of pyridine rings is 1. The molecule has 0 aromatic carbocycles. The van der Waals surface area contributed by atoms with Crippen LogP contribution in [0.15, 0.2) is 18.2 Å². The molecule has 0 saturated carbocycles.